The van der Waals surface area contributed by atoms with Gasteiger partial charge in [-0.2, -0.15) is 4.98 Å². The number of carbonyl (C=O) groups excluding carboxylic acids is 1. The van der Waals surface area contributed by atoms with Crippen molar-refractivity contribution >= 4 is 35.2 Å². The molecule has 140 valence electrons. The molecule has 2 N–H and O–H groups in total. The highest BCUT2D eigenvalue weighted by molar-refractivity contribution is 6.34. The quantitative estimate of drug-likeness (QED) is 0.734. The number of nitrogens with two attached hydrogens (primary N) is 1. The zero-order chi connectivity index (χ0) is 19.4. The number of hydrogen-bond donors (Lipinski definition) is 1. The van der Waals surface area contributed by atoms with Crippen molar-refractivity contribution < 1.29 is 23.4 Å². The van der Waals surface area contributed by atoms with Crippen LogP contribution in [-0.2, 0) is 4.74 Å². The van der Waals surface area contributed by atoms with Gasteiger partial charge < -0.3 is 19.9 Å². The summed E-state index contributed by atoms with van der Waals surface area (Å²) in [7, 11) is 1.27. The molecule has 1 heterocycles. The first-order valence-electron chi connectivity index (χ1n) is 7.52. The van der Waals surface area contributed by atoms with E-state index in [4.69, 9.17) is 43.1 Å². The van der Waals surface area contributed by atoms with E-state index in [9.17, 15) is 9.18 Å². The molecule has 0 aliphatic heterocycles. The number of ether oxygens (including phenoxy) is 3. The van der Waals surface area contributed by atoms with Crippen LogP contribution in [0.25, 0.3) is 11.4 Å². The average Bonchev–Trinajstić information content (AvgIpc) is 2.59. The van der Waals surface area contributed by atoms with Crippen molar-refractivity contribution in [3.8, 4) is 23.0 Å². The van der Waals surface area contributed by atoms with E-state index in [1.54, 1.807) is 6.92 Å². The molecule has 0 saturated carbocycles. The zero-order valence-electron chi connectivity index (χ0n) is 14.2. The van der Waals surface area contributed by atoms with Gasteiger partial charge in [-0.1, -0.05) is 30.1 Å². The Morgan fingerprint density at radius 1 is 1.35 bits per heavy atom. The van der Waals surface area contributed by atoms with Gasteiger partial charge in [0.2, 0.25) is 0 Å². The molecular formula is C16H16Cl2FN3O4. The highest BCUT2D eigenvalue weighted by Crippen LogP contribution is 2.36. The second-order valence-corrected chi connectivity index (χ2v) is 5.97. The van der Waals surface area contributed by atoms with Crippen LogP contribution in [0.1, 0.15) is 20.3 Å². The number of carbonyl (C=O) groups is 1. The Hall–Kier alpha value is -2.32. The van der Waals surface area contributed by atoms with Crippen LogP contribution in [0.4, 0.5) is 15.0 Å². The van der Waals surface area contributed by atoms with Crippen molar-refractivity contribution in [2.24, 2.45) is 0 Å². The van der Waals surface area contributed by atoms with Gasteiger partial charge in [0.15, 0.2) is 17.4 Å². The number of aromatic nitrogens is 2. The Labute approximate surface area is 159 Å². The van der Waals surface area contributed by atoms with Gasteiger partial charge in [0, 0.05) is 0 Å². The summed E-state index contributed by atoms with van der Waals surface area (Å²) in [5.41, 5.74) is 5.66. The van der Waals surface area contributed by atoms with E-state index in [-0.39, 0.29) is 45.0 Å². The first-order valence-corrected chi connectivity index (χ1v) is 8.27. The molecule has 0 saturated heterocycles. The van der Waals surface area contributed by atoms with Crippen LogP contribution in [0, 0.1) is 5.82 Å². The maximum Gasteiger partial charge on any atom is 0.515 e. The average molecular weight is 404 g/mol. The standard InChI is InChI=1S/C16H16Cl2FN3O4/c1-4-7(2)25-16(23)26-15-10(18)13(20)21-14(22-15)8-5-6-9(17)12(24-3)11(8)19/h5-7H,4H2,1-3H3,(H2,20,21,22). The molecule has 2 aromatic rings. The van der Waals surface area contributed by atoms with Crippen LogP contribution >= 0.6 is 23.2 Å². The third kappa shape index (κ3) is 4.25. The number of anilines is 1. The molecule has 26 heavy (non-hydrogen) atoms. The third-order valence-electron chi connectivity index (χ3n) is 3.39. The van der Waals surface area contributed by atoms with Gasteiger partial charge in [0.25, 0.3) is 5.88 Å². The SMILES string of the molecule is CCC(C)OC(=O)Oc1nc(-c2ccc(Cl)c(OC)c2F)nc(N)c1Cl. The van der Waals surface area contributed by atoms with E-state index in [2.05, 4.69) is 9.97 Å². The summed E-state index contributed by atoms with van der Waals surface area (Å²) in [6.07, 6.45) is -0.784. The predicted octanol–water partition coefficient (Wildman–Crippen LogP) is 4.49. The van der Waals surface area contributed by atoms with E-state index < -0.39 is 12.0 Å². The Morgan fingerprint density at radius 2 is 2.04 bits per heavy atom. The lowest BCUT2D eigenvalue weighted by atomic mass is 10.2. The van der Waals surface area contributed by atoms with Crippen molar-refractivity contribution in [3.63, 3.8) is 0 Å². The monoisotopic (exact) mass is 403 g/mol. The zero-order valence-corrected chi connectivity index (χ0v) is 15.7. The maximum absolute atomic E-state index is 14.6. The van der Waals surface area contributed by atoms with Gasteiger partial charge in [-0.25, -0.2) is 14.2 Å². The van der Waals surface area contributed by atoms with Gasteiger partial charge >= 0.3 is 6.16 Å². The minimum absolute atomic E-state index is 0.0604. The van der Waals surface area contributed by atoms with E-state index in [0.717, 1.165) is 0 Å². The summed E-state index contributed by atoms with van der Waals surface area (Å²) >= 11 is 11.8. The summed E-state index contributed by atoms with van der Waals surface area (Å²) in [6, 6.07) is 2.74. The molecule has 0 spiro atoms. The van der Waals surface area contributed by atoms with Crippen molar-refractivity contribution in [1.82, 2.24) is 9.97 Å². The number of halogens is 3. The lowest BCUT2D eigenvalue weighted by molar-refractivity contribution is 0.0632. The third-order valence-corrected chi connectivity index (χ3v) is 4.05. The Morgan fingerprint density at radius 3 is 2.65 bits per heavy atom. The first-order chi connectivity index (χ1) is 12.3. The molecule has 0 aliphatic rings. The molecule has 0 radical (unpaired) electrons. The maximum atomic E-state index is 14.6. The minimum atomic E-state index is -1.01. The number of benzene rings is 1. The summed E-state index contributed by atoms with van der Waals surface area (Å²) in [5, 5.41) is -0.125. The molecule has 0 amide bonds. The number of nitrogens with zero attached hydrogens (tertiary/aromatic N) is 2. The molecule has 7 nitrogen and oxygen atoms in total. The van der Waals surface area contributed by atoms with Crippen LogP contribution < -0.4 is 15.2 Å². The Bertz CT molecular complexity index is 836. The molecule has 1 atom stereocenters. The number of nitrogen functional groups attached to an aromatic ring is 1. The van der Waals surface area contributed by atoms with Crippen molar-refractivity contribution in [2.75, 3.05) is 12.8 Å². The summed E-state index contributed by atoms with van der Waals surface area (Å²) in [4.78, 5) is 19.7. The van der Waals surface area contributed by atoms with Gasteiger partial charge in [-0.3, -0.25) is 0 Å². The van der Waals surface area contributed by atoms with Crippen molar-refractivity contribution in [2.45, 2.75) is 26.4 Å². The molecule has 1 aromatic heterocycles. The fraction of sp³-hybridized carbons (Fsp3) is 0.312. The lowest BCUT2D eigenvalue weighted by Crippen LogP contribution is -2.18. The van der Waals surface area contributed by atoms with Crippen molar-refractivity contribution in [1.29, 1.82) is 0 Å². The van der Waals surface area contributed by atoms with Gasteiger partial charge in [-0.05, 0) is 25.5 Å². The second kappa shape index (κ2) is 8.37. The number of hydrogen-bond acceptors (Lipinski definition) is 7. The van der Waals surface area contributed by atoms with Crippen LogP contribution in [0.2, 0.25) is 10.0 Å². The molecule has 1 unspecified atom stereocenters. The molecule has 0 bridgehead atoms. The van der Waals surface area contributed by atoms with Crippen LogP contribution in [0.5, 0.6) is 11.6 Å². The van der Waals surface area contributed by atoms with E-state index in [1.807, 2.05) is 6.92 Å². The second-order valence-electron chi connectivity index (χ2n) is 5.18. The molecule has 1 aromatic carbocycles. The molecule has 2 rings (SSSR count). The predicted molar refractivity (Wildman–Crippen MR) is 95.3 cm³/mol. The largest absolute Gasteiger partial charge is 0.515 e. The van der Waals surface area contributed by atoms with Crippen molar-refractivity contribution in [3.05, 3.63) is 28.0 Å². The van der Waals surface area contributed by atoms with E-state index >= 15 is 0 Å². The smallest absolute Gasteiger partial charge is 0.492 e. The Balaban J connectivity index is 2.44. The minimum Gasteiger partial charge on any atom is -0.492 e. The summed E-state index contributed by atoms with van der Waals surface area (Å²) < 4.78 is 29.4. The number of rotatable bonds is 5. The Kier molecular flexibility index (Phi) is 6.44. The topological polar surface area (TPSA) is 96.6 Å². The van der Waals surface area contributed by atoms with Crippen LogP contribution in [0.3, 0.4) is 0 Å². The molecular weight excluding hydrogens is 388 g/mol. The molecule has 10 heteroatoms. The van der Waals surface area contributed by atoms with Crippen LogP contribution in [-0.4, -0.2) is 29.3 Å². The van der Waals surface area contributed by atoms with Gasteiger partial charge in [0.05, 0.1) is 17.7 Å². The molecule has 0 fully saturated rings. The van der Waals surface area contributed by atoms with Gasteiger partial charge in [0.1, 0.15) is 16.9 Å². The number of methoxy groups -OCH3 is 1. The van der Waals surface area contributed by atoms with Crippen LogP contribution in [0.15, 0.2) is 12.1 Å². The summed E-state index contributed by atoms with van der Waals surface area (Å²) in [5.74, 6) is -1.69. The highest BCUT2D eigenvalue weighted by Gasteiger charge is 2.22. The highest BCUT2D eigenvalue weighted by atomic mass is 35.5. The fourth-order valence-corrected chi connectivity index (χ4v) is 2.22. The lowest BCUT2D eigenvalue weighted by Gasteiger charge is -2.13. The molecule has 0 aliphatic carbocycles. The van der Waals surface area contributed by atoms with E-state index in [0.29, 0.717) is 6.42 Å². The van der Waals surface area contributed by atoms with E-state index in [1.165, 1.54) is 19.2 Å². The summed E-state index contributed by atoms with van der Waals surface area (Å²) in [6.45, 7) is 3.53. The fourth-order valence-electron chi connectivity index (χ4n) is 1.87. The normalized spacial score (nSPS) is 11.8. The van der Waals surface area contributed by atoms with Gasteiger partial charge in [-0.15, -0.1) is 0 Å². The first kappa shape index (κ1) is 20.0.